The number of hydrogen-bond donors (Lipinski definition) is 1. The summed E-state index contributed by atoms with van der Waals surface area (Å²) in [6.45, 7) is 1.86. The number of fused-ring (bicyclic) bond motifs is 1. The third kappa shape index (κ3) is 3.15. The zero-order valence-electron chi connectivity index (χ0n) is 13.7. The summed E-state index contributed by atoms with van der Waals surface area (Å²) in [5.41, 5.74) is 1.26. The average Bonchev–Trinajstić information content (AvgIpc) is 3.00. The van der Waals surface area contributed by atoms with Crippen LogP contribution in [0.25, 0.3) is 11.0 Å². The van der Waals surface area contributed by atoms with Gasteiger partial charge in [-0.05, 0) is 30.3 Å². The van der Waals surface area contributed by atoms with E-state index in [0.29, 0.717) is 28.7 Å². The number of carboxylic acids is 1. The van der Waals surface area contributed by atoms with Gasteiger partial charge in [-0.1, -0.05) is 25.1 Å². The van der Waals surface area contributed by atoms with E-state index in [1.165, 1.54) is 12.1 Å². The maximum Gasteiger partial charge on any atom is 0.501 e. The van der Waals surface area contributed by atoms with Crippen LogP contribution in [0, 0.1) is 0 Å². The first-order valence-electron chi connectivity index (χ1n) is 7.79. The maximum absolute atomic E-state index is 13.1. The molecule has 0 saturated heterocycles. The standard InChI is InChI=1S/C19H14F2O5/c1-2-14-16(13-5-3-4-6-15(13)25-14)17(22)11-7-9-12(10-8-11)26-19(20,21)18(23)24/h3-10H,2H2,1H3,(H,23,24). The van der Waals surface area contributed by atoms with Crippen LogP contribution >= 0.6 is 0 Å². The number of ether oxygens (including phenoxy) is 1. The Morgan fingerprint density at radius 2 is 1.77 bits per heavy atom. The van der Waals surface area contributed by atoms with Gasteiger partial charge in [0, 0.05) is 17.4 Å². The number of hydrogen-bond acceptors (Lipinski definition) is 4. The fraction of sp³-hybridized carbons (Fsp3) is 0.158. The van der Waals surface area contributed by atoms with Crippen molar-refractivity contribution < 1.29 is 32.6 Å². The first-order valence-corrected chi connectivity index (χ1v) is 7.79. The molecule has 0 amide bonds. The molecule has 3 rings (SSSR count). The smallest absolute Gasteiger partial charge is 0.474 e. The zero-order valence-corrected chi connectivity index (χ0v) is 13.7. The quantitative estimate of drug-likeness (QED) is 0.664. The summed E-state index contributed by atoms with van der Waals surface area (Å²) >= 11 is 0. The second-order valence-corrected chi connectivity index (χ2v) is 5.53. The van der Waals surface area contributed by atoms with E-state index in [9.17, 15) is 18.4 Å². The highest BCUT2D eigenvalue weighted by molar-refractivity contribution is 6.16. The molecule has 2 aromatic carbocycles. The average molecular weight is 360 g/mol. The predicted octanol–water partition coefficient (Wildman–Crippen LogP) is 4.28. The van der Waals surface area contributed by atoms with E-state index in [-0.39, 0.29) is 17.1 Å². The van der Waals surface area contributed by atoms with E-state index in [0.717, 1.165) is 12.1 Å². The lowest BCUT2D eigenvalue weighted by molar-refractivity contribution is -0.210. The molecule has 0 aliphatic carbocycles. The number of carbonyl (C=O) groups is 2. The van der Waals surface area contributed by atoms with Gasteiger partial charge in [0.05, 0.1) is 5.56 Å². The Bertz CT molecular complexity index is 973. The van der Waals surface area contributed by atoms with Gasteiger partial charge in [0.2, 0.25) is 0 Å². The molecule has 0 bridgehead atoms. The van der Waals surface area contributed by atoms with E-state index < -0.39 is 12.1 Å². The summed E-state index contributed by atoms with van der Waals surface area (Å²) in [6.07, 6.45) is -3.83. The number of benzene rings is 2. The van der Waals surface area contributed by atoms with Crippen molar-refractivity contribution in [1.82, 2.24) is 0 Å². The van der Waals surface area contributed by atoms with E-state index in [1.54, 1.807) is 24.3 Å². The molecule has 134 valence electrons. The van der Waals surface area contributed by atoms with Crippen LogP contribution in [0.5, 0.6) is 5.75 Å². The first-order chi connectivity index (χ1) is 12.3. The molecule has 1 heterocycles. The predicted molar refractivity (Wildman–Crippen MR) is 88.7 cm³/mol. The minimum atomic E-state index is -4.35. The second-order valence-electron chi connectivity index (χ2n) is 5.53. The summed E-state index contributed by atoms with van der Waals surface area (Å²) in [4.78, 5) is 23.3. The molecule has 1 aromatic heterocycles. The highest BCUT2D eigenvalue weighted by Crippen LogP contribution is 2.29. The van der Waals surface area contributed by atoms with Gasteiger partial charge >= 0.3 is 12.1 Å². The SMILES string of the molecule is CCc1oc2ccccc2c1C(=O)c1ccc(OC(F)(F)C(=O)O)cc1. The summed E-state index contributed by atoms with van der Waals surface area (Å²) in [5.74, 6) is -2.53. The molecule has 0 fully saturated rings. The Balaban J connectivity index is 1.93. The number of carboxylic acid groups (broad SMARTS) is 1. The molecular weight excluding hydrogens is 346 g/mol. The lowest BCUT2D eigenvalue weighted by Gasteiger charge is -2.13. The lowest BCUT2D eigenvalue weighted by Crippen LogP contribution is -2.34. The number of aliphatic carboxylic acids is 1. The van der Waals surface area contributed by atoms with Crippen molar-refractivity contribution >= 4 is 22.7 Å². The zero-order chi connectivity index (χ0) is 18.9. The van der Waals surface area contributed by atoms with Crippen LogP contribution in [0.1, 0.15) is 28.6 Å². The van der Waals surface area contributed by atoms with Crippen molar-refractivity contribution in [3.05, 3.63) is 65.4 Å². The normalized spacial score (nSPS) is 11.5. The van der Waals surface area contributed by atoms with E-state index >= 15 is 0 Å². The van der Waals surface area contributed by atoms with Gasteiger partial charge in [0.15, 0.2) is 5.78 Å². The maximum atomic E-state index is 13.1. The van der Waals surface area contributed by atoms with Gasteiger partial charge in [-0.2, -0.15) is 8.78 Å². The van der Waals surface area contributed by atoms with Gasteiger partial charge in [0.1, 0.15) is 17.1 Å². The van der Waals surface area contributed by atoms with Crippen molar-refractivity contribution in [1.29, 1.82) is 0 Å². The third-order valence-corrected chi connectivity index (χ3v) is 3.83. The molecule has 0 aliphatic rings. The van der Waals surface area contributed by atoms with Crippen molar-refractivity contribution in [2.45, 2.75) is 19.5 Å². The van der Waals surface area contributed by atoms with Crippen LogP contribution in [-0.2, 0) is 11.2 Å². The Morgan fingerprint density at radius 3 is 2.38 bits per heavy atom. The van der Waals surface area contributed by atoms with Crippen LogP contribution in [-0.4, -0.2) is 23.0 Å². The molecule has 5 nitrogen and oxygen atoms in total. The first kappa shape index (κ1) is 17.6. The van der Waals surface area contributed by atoms with Crippen LogP contribution in [0.4, 0.5) is 8.78 Å². The highest BCUT2D eigenvalue weighted by atomic mass is 19.3. The molecule has 3 aromatic rings. The van der Waals surface area contributed by atoms with Gasteiger partial charge in [-0.3, -0.25) is 4.79 Å². The number of para-hydroxylation sites is 1. The molecule has 26 heavy (non-hydrogen) atoms. The van der Waals surface area contributed by atoms with E-state index in [4.69, 9.17) is 9.52 Å². The largest absolute Gasteiger partial charge is 0.501 e. The van der Waals surface area contributed by atoms with Crippen LogP contribution in [0.2, 0.25) is 0 Å². The highest BCUT2D eigenvalue weighted by Gasteiger charge is 2.42. The molecule has 1 N–H and O–H groups in total. The fourth-order valence-corrected chi connectivity index (χ4v) is 2.60. The Morgan fingerprint density at radius 1 is 1.12 bits per heavy atom. The van der Waals surface area contributed by atoms with Crippen molar-refractivity contribution in [2.24, 2.45) is 0 Å². The summed E-state index contributed by atoms with van der Waals surface area (Å²) in [5, 5.41) is 9.06. The Kier molecular flexibility index (Phi) is 4.46. The number of carbonyl (C=O) groups excluding carboxylic acids is 1. The van der Waals surface area contributed by atoms with E-state index in [1.807, 2.05) is 6.92 Å². The molecule has 0 spiro atoms. The van der Waals surface area contributed by atoms with Crippen molar-refractivity contribution in [3.8, 4) is 5.75 Å². The number of ketones is 1. The van der Waals surface area contributed by atoms with Crippen LogP contribution in [0.15, 0.2) is 52.9 Å². The molecule has 0 radical (unpaired) electrons. The van der Waals surface area contributed by atoms with Crippen molar-refractivity contribution in [2.75, 3.05) is 0 Å². The number of rotatable bonds is 6. The summed E-state index contributed by atoms with van der Waals surface area (Å²) < 4.78 is 36.0. The molecule has 0 saturated carbocycles. The van der Waals surface area contributed by atoms with Gasteiger partial charge in [-0.25, -0.2) is 4.79 Å². The van der Waals surface area contributed by atoms with Crippen LogP contribution < -0.4 is 4.74 Å². The van der Waals surface area contributed by atoms with Gasteiger partial charge < -0.3 is 14.3 Å². The number of halogens is 2. The third-order valence-electron chi connectivity index (χ3n) is 3.83. The molecule has 0 aliphatic heterocycles. The molecule has 0 atom stereocenters. The van der Waals surface area contributed by atoms with Crippen molar-refractivity contribution in [3.63, 3.8) is 0 Å². The number of aryl methyl sites for hydroxylation is 1. The molecular formula is C19H14F2O5. The second kappa shape index (κ2) is 6.59. The lowest BCUT2D eigenvalue weighted by atomic mass is 9.99. The minimum Gasteiger partial charge on any atom is -0.474 e. The van der Waals surface area contributed by atoms with Gasteiger partial charge in [-0.15, -0.1) is 0 Å². The Hall–Kier alpha value is -3.22. The van der Waals surface area contributed by atoms with E-state index in [2.05, 4.69) is 4.74 Å². The topological polar surface area (TPSA) is 76.7 Å². The fourth-order valence-electron chi connectivity index (χ4n) is 2.60. The monoisotopic (exact) mass is 360 g/mol. The molecule has 0 unspecified atom stereocenters. The Labute approximate surface area is 146 Å². The minimum absolute atomic E-state index is 0.247. The summed E-state index contributed by atoms with van der Waals surface area (Å²) in [6, 6.07) is 12.0. The van der Waals surface area contributed by atoms with Crippen LogP contribution in [0.3, 0.4) is 0 Å². The summed E-state index contributed by atoms with van der Waals surface area (Å²) in [7, 11) is 0. The number of furan rings is 1. The van der Waals surface area contributed by atoms with Gasteiger partial charge in [0.25, 0.3) is 0 Å². The molecule has 7 heteroatoms. The number of alkyl halides is 2.